The topological polar surface area (TPSA) is 36.9 Å². The minimum Gasteiger partial charge on any atom is -0.496 e. The van der Waals surface area contributed by atoms with E-state index in [4.69, 9.17) is 18.9 Å². The average molecular weight is 903 g/mol. The fourth-order valence-electron chi connectivity index (χ4n) is 9.71. The molecule has 8 aromatic carbocycles. The van der Waals surface area contributed by atoms with Crippen LogP contribution in [0.25, 0.3) is 77.2 Å². The summed E-state index contributed by atoms with van der Waals surface area (Å²) >= 11 is 0. The second-order valence-electron chi connectivity index (χ2n) is 22.5. The van der Waals surface area contributed by atoms with E-state index in [0.29, 0.717) is 0 Å². The third kappa shape index (κ3) is 8.86. The quantitative estimate of drug-likeness (QED) is 0.145. The number of rotatable bonds is 9. The van der Waals surface area contributed by atoms with Crippen molar-refractivity contribution in [2.45, 2.75) is 105 Å². The first kappa shape index (κ1) is 48.0. The Balaban J connectivity index is 1.57. The van der Waals surface area contributed by atoms with Gasteiger partial charge in [-0.2, -0.15) is 0 Å². The summed E-state index contributed by atoms with van der Waals surface area (Å²) in [4.78, 5) is 0. The Morgan fingerprint density at radius 1 is 0.250 bits per heavy atom. The molecule has 0 aliphatic heterocycles. The third-order valence-electron chi connectivity index (χ3n) is 13.8. The lowest BCUT2D eigenvalue weighted by Crippen LogP contribution is -2.10. The first-order valence-corrected chi connectivity index (χ1v) is 24.0. The van der Waals surface area contributed by atoms with Gasteiger partial charge in [0.15, 0.2) is 0 Å². The fraction of sp³-hybridized carbons (Fsp3) is 0.312. The first-order valence-electron chi connectivity index (χ1n) is 24.0. The number of benzene rings is 8. The Morgan fingerprint density at radius 2 is 0.500 bits per heavy atom. The van der Waals surface area contributed by atoms with E-state index in [2.05, 4.69) is 217 Å². The second kappa shape index (κ2) is 17.9. The first-order chi connectivity index (χ1) is 32.1. The molecule has 0 aromatic heterocycles. The monoisotopic (exact) mass is 903 g/mol. The fourth-order valence-corrected chi connectivity index (χ4v) is 9.71. The lowest BCUT2D eigenvalue weighted by molar-refractivity contribution is 0.413. The minimum absolute atomic E-state index is 0.00528. The van der Waals surface area contributed by atoms with Gasteiger partial charge in [0.2, 0.25) is 0 Å². The molecule has 0 amide bonds. The van der Waals surface area contributed by atoms with Crippen molar-refractivity contribution < 1.29 is 18.9 Å². The highest BCUT2D eigenvalue weighted by atomic mass is 16.5. The maximum Gasteiger partial charge on any atom is 0.135 e. The molecule has 0 saturated carbocycles. The van der Waals surface area contributed by atoms with Gasteiger partial charge in [-0.1, -0.05) is 180 Å². The summed E-state index contributed by atoms with van der Waals surface area (Å²) in [5.74, 6) is 3.00. The molecule has 0 saturated heterocycles. The van der Waals surface area contributed by atoms with Crippen LogP contribution in [0, 0.1) is 0 Å². The van der Waals surface area contributed by atoms with E-state index in [9.17, 15) is 0 Å². The van der Waals surface area contributed by atoms with Gasteiger partial charge >= 0.3 is 0 Å². The maximum atomic E-state index is 6.79. The van der Waals surface area contributed by atoms with Gasteiger partial charge in [-0.15, -0.1) is 0 Å². The highest BCUT2D eigenvalue weighted by Gasteiger charge is 2.29. The van der Waals surface area contributed by atoms with Crippen molar-refractivity contribution in [2.24, 2.45) is 0 Å². The van der Waals surface area contributed by atoms with Gasteiger partial charge in [-0.05, 0) is 125 Å². The average Bonchev–Trinajstić information content (AvgIpc) is 3.31. The molecule has 0 unspecified atom stereocenters. The molecule has 0 heterocycles. The van der Waals surface area contributed by atoms with Crippen LogP contribution in [0.5, 0.6) is 23.0 Å². The van der Waals surface area contributed by atoms with Gasteiger partial charge in [0, 0.05) is 32.7 Å². The molecule has 8 rings (SSSR count). The molecular formula is C64H70O4. The maximum absolute atomic E-state index is 6.79. The molecule has 0 spiro atoms. The number of hydrogen-bond donors (Lipinski definition) is 0. The van der Waals surface area contributed by atoms with Crippen LogP contribution in [-0.2, 0) is 21.7 Å². The van der Waals surface area contributed by atoms with Gasteiger partial charge in [-0.25, -0.2) is 0 Å². The van der Waals surface area contributed by atoms with Crippen LogP contribution in [-0.4, -0.2) is 28.4 Å². The number of ether oxygens (including phenoxy) is 4. The minimum atomic E-state index is -0.0124. The molecule has 350 valence electrons. The second-order valence-corrected chi connectivity index (χ2v) is 22.5. The molecule has 0 atom stereocenters. The summed E-state index contributed by atoms with van der Waals surface area (Å²) in [6.45, 7) is 27.1. The van der Waals surface area contributed by atoms with Crippen molar-refractivity contribution in [1.29, 1.82) is 0 Å². The molecule has 0 N–H and O–H groups in total. The Labute approximate surface area is 406 Å². The lowest BCUT2D eigenvalue weighted by atomic mass is 9.82. The zero-order valence-electron chi connectivity index (χ0n) is 43.3. The van der Waals surface area contributed by atoms with E-state index in [-0.39, 0.29) is 21.7 Å². The van der Waals surface area contributed by atoms with Crippen LogP contribution in [0.3, 0.4) is 0 Å². The standard InChI is InChI=1S/C64H70O4/c1-61(2,3)43-25-17-39(18-26-43)47-33-35-53(65-13)55-49(41-21-29-45(30-22-41)63(7,8)9)37-51(59(67-15)57(47)55)52-38-50(42-23-31-46(32-24-42)64(10,11)12)56-54(66-14)36-34-48(58(56)60(52)68-16)40-19-27-44(28-20-40)62(4,5)6/h17-38H,1-16H3. The summed E-state index contributed by atoms with van der Waals surface area (Å²) < 4.78 is 26.2. The highest BCUT2D eigenvalue weighted by Crippen LogP contribution is 2.55. The summed E-state index contributed by atoms with van der Waals surface area (Å²) in [6, 6.07) is 49.1. The van der Waals surface area contributed by atoms with Crippen molar-refractivity contribution in [3.63, 3.8) is 0 Å². The molecule has 0 radical (unpaired) electrons. The van der Waals surface area contributed by atoms with Crippen molar-refractivity contribution in [2.75, 3.05) is 28.4 Å². The van der Waals surface area contributed by atoms with Crippen molar-refractivity contribution in [3.05, 3.63) is 156 Å². The predicted molar refractivity (Wildman–Crippen MR) is 290 cm³/mol. The van der Waals surface area contributed by atoms with Crippen molar-refractivity contribution in [1.82, 2.24) is 0 Å². The van der Waals surface area contributed by atoms with Crippen LogP contribution in [0.1, 0.15) is 105 Å². The molecule has 0 fully saturated rings. The van der Waals surface area contributed by atoms with Gasteiger partial charge < -0.3 is 18.9 Å². The smallest absolute Gasteiger partial charge is 0.135 e. The highest BCUT2D eigenvalue weighted by molar-refractivity contribution is 6.18. The molecule has 0 aliphatic rings. The van der Waals surface area contributed by atoms with Crippen molar-refractivity contribution in [3.8, 4) is 78.6 Å². The van der Waals surface area contributed by atoms with Gasteiger partial charge in [0.25, 0.3) is 0 Å². The van der Waals surface area contributed by atoms with E-state index >= 15 is 0 Å². The zero-order valence-corrected chi connectivity index (χ0v) is 43.3. The number of hydrogen-bond acceptors (Lipinski definition) is 4. The number of methoxy groups -OCH3 is 4. The molecule has 4 nitrogen and oxygen atoms in total. The number of fused-ring (bicyclic) bond motifs is 2. The Morgan fingerprint density at radius 3 is 0.721 bits per heavy atom. The van der Waals surface area contributed by atoms with Crippen LogP contribution in [0.4, 0.5) is 0 Å². The molecule has 0 bridgehead atoms. The molecule has 4 heteroatoms. The summed E-state index contributed by atoms with van der Waals surface area (Å²) in [7, 11) is 7.08. The molecule has 8 aromatic rings. The Hall–Kier alpha value is -6.52. The van der Waals surface area contributed by atoms with Crippen LogP contribution in [0.2, 0.25) is 0 Å². The van der Waals surface area contributed by atoms with E-state index < -0.39 is 0 Å². The summed E-state index contributed by atoms with van der Waals surface area (Å²) in [5, 5.41) is 3.88. The lowest BCUT2D eigenvalue weighted by Gasteiger charge is -2.25. The third-order valence-corrected chi connectivity index (χ3v) is 13.8. The van der Waals surface area contributed by atoms with Gasteiger partial charge in [-0.3, -0.25) is 0 Å². The van der Waals surface area contributed by atoms with Crippen LogP contribution >= 0.6 is 0 Å². The van der Waals surface area contributed by atoms with E-state index in [1.165, 1.54) is 22.3 Å². The van der Waals surface area contributed by atoms with Crippen LogP contribution < -0.4 is 18.9 Å². The van der Waals surface area contributed by atoms with Crippen LogP contribution in [0.15, 0.2) is 133 Å². The predicted octanol–water partition coefficient (Wildman–Crippen LogP) is 17.6. The normalized spacial score (nSPS) is 12.4. The Kier molecular flexibility index (Phi) is 12.6. The Bertz CT molecular complexity index is 2910. The zero-order chi connectivity index (χ0) is 49.1. The van der Waals surface area contributed by atoms with E-state index in [0.717, 1.165) is 100 Å². The molecular weight excluding hydrogens is 833 g/mol. The van der Waals surface area contributed by atoms with Gasteiger partial charge in [0.05, 0.1) is 28.4 Å². The largest absolute Gasteiger partial charge is 0.496 e. The summed E-state index contributed by atoms with van der Waals surface area (Å²) in [5.41, 5.74) is 15.3. The van der Waals surface area contributed by atoms with Gasteiger partial charge in [0.1, 0.15) is 23.0 Å². The van der Waals surface area contributed by atoms with Crippen molar-refractivity contribution >= 4 is 21.5 Å². The molecule has 0 aliphatic carbocycles. The molecule has 68 heavy (non-hydrogen) atoms. The van der Waals surface area contributed by atoms with E-state index in [1.54, 1.807) is 28.4 Å². The SMILES string of the molecule is COc1ccc(-c2ccc(C(C)(C)C)cc2)c2c(OC)c(-c3cc(-c4ccc(C(C)(C)C)cc4)c4c(OC)ccc(-c5ccc(C(C)(C)C)cc5)c4c3OC)cc(-c3ccc(C(C)(C)C)cc3)c12. The van der Waals surface area contributed by atoms with E-state index in [1.807, 2.05) is 0 Å². The summed E-state index contributed by atoms with van der Waals surface area (Å²) in [6.07, 6.45) is 0.